The third-order valence-electron chi connectivity index (χ3n) is 18.0. The van der Waals surface area contributed by atoms with Crippen LogP contribution in [-0.2, 0) is 28.4 Å². The Morgan fingerprint density at radius 2 is 1.35 bits per heavy atom. The van der Waals surface area contributed by atoms with Crippen LogP contribution in [0, 0.1) is 50.7 Å². The van der Waals surface area contributed by atoms with E-state index < -0.39 is 85.3 Å². The molecule has 8 rings (SSSR count). The zero-order chi connectivity index (χ0) is 41.2. The van der Waals surface area contributed by atoms with Crippen LogP contribution in [0.3, 0.4) is 0 Å². The van der Waals surface area contributed by atoms with Crippen LogP contribution in [-0.4, -0.2) is 147 Å². The van der Waals surface area contributed by atoms with Gasteiger partial charge in [-0.2, -0.15) is 0 Å². The summed E-state index contributed by atoms with van der Waals surface area (Å²) in [5.41, 5.74) is 0.750. The number of aliphatic hydroxyl groups excluding tert-OH is 8. The Bertz CT molecular complexity index is 1510. The fraction of sp³-hybridized carbons (Fsp3) is 0.953. The summed E-state index contributed by atoms with van der Waals surface area (Å²) in [6.07, 6.45) is -4.77. The maximum absolute atomic E-state index is 11.7. The van der Waals surface area contributed by atoms with Crippen LogP contribution < -0.4 is 0 Å². The Labute approximate surface area is 336 Å². The highest BCUT2D eigenvalue weighted by molar-refractivity contribution is 5.31. The minimum Gasteiger partial charge on any atom is -0.396 e. The third kappa shape index (κ3) is 6.16. The number of aliphatic hydroxyl groups is 8. The van der Waals surface area contributed by atoms with Gasteiger partial charge in [0.2, 0.25) is 0 Å². The molecule has 0 bridgehead atoms. The molecule has 326 valence electrons. The van der Waals surface area contributed by atoms with Crippen molar-refractivity contribution in [3.8, 4) is 0 Å². The van der Waals surface area contributed by atoms with Gasteiger partial charge >= 0.3 is 0 Å². The second kappa shape index (κ2) is 14.9. The van der Waals surface area contributed by atoms with Crippen LogP contribution in [0.1, 0.15) is 99.3 Å². The highest BCUT2D eigenvalue weighted by Gasteiger charge is 2.83. The highest BCUT2D eigenvalue weighted by Crippen LogP contribution is 2.89. The topological polar surface area (TPSA) is 217 Å². The summed E-state index contributed by atoms with van der Waals surface area (Å²) in [6, 6.07) is 0. The Kier molecular flexibility index (Phi) is 11.2. The van der Waals surface area contributed by atoms with E-state index in [1.165, 1.54) is 6.92 Å². The zero-order valence-electron chi connectivity index (χ0n) is 34.8. The van der Waals surface area contributed by atoms with E-state index in [0.29, 0.717) is 12.3 Å². The van der Waals surface area contributed by atoms with E-state index in [1.807, 2.05) is 19.9 Å². The van der Waals surface area contributed by atoms with Crippen molar-refractivity contribution in [2.45, 2.75) is 185 Å². The predicted molar refractivity (Wildman–Crippen MR) is 203 cm³/mol. The molecule has 0 aromatic carbocycles. The molecule has 14 nitrogen and oxygen atoms in total. The minimum absolute atomic E-state index is 0.00635. The number of fused-ring (bicyclic) bond motifs is 2. The Morgan fingerprint density at radius 3 is 2.04 bits per heavy atom. The van der Waals surface area contributed by atoms with Gasteiger partial charge in [0.1, 0.15) is 48.8 Å². The molecule has 57 heavy (non-hydrogen) atoms. The number of hydrogen-bond donors (Lipinski definition) is 8. The quantitative estimate of drug-likeness (QED) is 0.123. The SMILES string of the molecule is COC1OC(C=C(C)C)C(O)C1C1CCC2(C)C3CCC4C(C)(CO)C(OC5OC(COC6OC(C)C(O)C(O)C6O)C(O)C(O)C5O)CCC45CC35CCC12C. The van der Waals surface area contributed by atoms with Crippen molar-refractivity contribution >= 4 is 0 Å². The Hall–Kier alpha value is -0.820. The smallest absolute Gasteiger partial charge is 0.186 e. The minimum atomic E-state index is -1.62. The lowest BCUT2D eigenvalue weighted by atomic mass is 9.41. The van der Waals surface area contributed by atoms with Crippen molar-refractivity contribution in [3.63, 3.8) is 0 Å². The average molecular weight is 811 g/mol. The molecule has 8 fully saturated rings. The molecule has 2 spiro atoms. The van der Waals surface area contributed by atoms with Crippen LogP contribution >= 0.6 is 0 Å². The molecule has 8 aliphatic rings. The molecule has 8 N–H and O–H groups in total. The van der Waals surface area contributed by atoms with Crippen molar-refractivity contribution < 1.29 is 69.3 Å². The van der Waals surface area contributed by atoms with E-state index >= 15 is 0 Å². The average Bonchev–Trinajstić information content (AvgIpc) is 3.64. The van der Waals surface area contributed by atoms with E-state index in [1.54, 1.807) is 7.11 Å². The van der Waals surface area contributed by atoms with Gasteiger partial charge in [-0.25, -0.2) is 0 Å². The second-order valence-electron chi connectivity index (χ2n) is 20.5. The van der Waals surface area contributed by atoms with Gasteiger partial charge in [0.05, 0.1) is 31.5 Å². The van der Waals surface area contributed by atoms with Gasteiger partial charge in [-0.15, -0.1) is 0 Å². The molecule has 3 saturated heterocycles. The highest BCUT2D eigenvalue weighted by atomic mass is 16.7. The first-order valence-electron chi connectivity index (χ1n) is 21.6. The van der Waals surface area contributed by atoms with Gasteiger partial charge in [0, 0.05) is 18.4 Å². The van der Waals surface area contributed by atoms with Gasteiger partial charge in [-0.05, 0) is 118 Å². The second-order valence-corrected chi connectivity index (χ2v) is 20.5. The molecular formula is C43H70O14. The van der Waals surface area contributed by atoms with E-state index in [-0.39, 0.29) is 58.7 Å². The summed E-state index contributed by atoms with van der Waals surface area (Å²) in [4.78, 5) is 0. The van der Waals surface area contributed by atoms with Crippen LogP contribution in [0.4, 0.5) is 0 Å². The Balaban J connectivity index is 0.972. The number of rotatable bonds is 9. The summed E-state index contributed by atoms with van der Waals surface area (Å²) in [6.45, 7) is 12.2. The molecule has 5 saturated carbocycles. The largest absolute Gasteiger partial charge is 0.396 e. The summed E-state index contributed by atoms with van der Waals surface area (Å²) < 4.78 is 36.1. The normalized spacial score (nSPS) is 58.3. The van der Waals surface area contributed by atoms with E-state index in [4.69, 9.17) is 28.4 Å². The fourth-order valence-corrected chi connectivity index (χ4v) is 14.7. The van der Waals surface area contributed by atoms with Gasteiger partial charge < -0.3 is 69.3 Å². The molecule has 0 aromatic heterocycles. The first kappa shape index (κ1) is 42.9. The summed E-state index contributed by atoms with van der Waals surface area (Å²) in [5.74, 6) is 0.849. The molecule has 3 aliphatic heterocycles. The standard InChI is InChI=1S/C43H70O14/c1-20(2)16-23-30(46)28(36(52-7)55-23)22-10-12-41(6)26-9-8-25-39(4,19-44)27(11-13-42(25)18-43(26,42)15-14-40(22,41)5)57-38-35(51)33(49)31(47)24(56-38)17-53-37-34(50)32(48)29(45)21(3)54-37/h16,21-38,44-51H,8-15,17-19H2,1-7H3. The summed E-state index contributed by atoms with van der Waals surface area (Å²) >= 11 is 0. The van der Waals surface area contributed by atoms with E-state index in [0.717, 1.165) is 56.9 Å². The molecule has 3 heterocycles. The van der Waals surface area contributed by atoms with Crippen molar-refractivity contribution in [1.29, 1.82) is 0 Å². The number of methoxy groups -OCH3 is 1. The van der Waals surface area contributed by atoms with Gasteiger partial charge in [0.25, 0.3) is 0 Å². The maximum atomic E-state index is 11.7. The lowest BCUT2D eigenvalue weighted by molar-refractivity contribution is -0.343. The fourth-order valence-electron chi connectivity index (χ4n) is 14.7. The van der Waals surface area contributed by atoms with Crippen LogP contribution in [0.5, 0.6) is 0 Å². The number of allylic oxidation sites excluding steroid dienone is 1. The van der Waals surface area contributed by atoms with Crippen molar-refractivity contribution in [2.75, 3.05) is 20.3 Å². The number of hydrogen-bond acceptors (Lipinski definition) is 14. The van der Waals surface area contributed by atoms with Crippen LogP contribution in [0.25, 0.3) is 0 Å². The van der Waals surface area contributed by atoms with Crippen LogP contribution in [0.2, 0.25) is 0 Å². The van der Waals surface area contributed by atoms with Crippen molar-refractivity contribution in [3.05, 3.63) is 11.6 Å². The molecule has 14 heteroatoms. The maximum Gasteiger partial charge on any atom is 0.186 e. The van der Waals surface area contributed by atoms with Gasteiger partial charge in [-0.1, -0.05) is 32.4 Å². The summed E-state index contributed by atoms with van der Waals surface area (Å²) in [5, 5.41) is 86.6. The molecule has 23 atom stereocenters. The lowest BCUT2D eigenvalue weighted by Crippen LogP contribution is -2.63. The molecule has 0 radical (unpaired) electrons. The molecular weight excluding hydrogens is 740 g/mol. The third-order valence-corrected chi connectivity index (χ3v) is 18.0. The molecule has 5 aliphatic carbocycles. The summed E-state index contributed by atoms with van der Waals surface area (Å²) in [7, 11) is 1.69. The molecule has 23 unspecified atom stereocenters. The van der Waals surface area contributed by atoms with Crippen LogP contribution in [0.15, 0.2) is 11.6 Å². The predicted octanol–water partition coefficient (Wildman–Crippen LogP) is 1.75. The van der Waals surface area contributed by atoms with Gasteiger partial charge in [-0.3, -0.25) is 0 Å². The Morgan fingerprint density at radius 1 is 0.684 bits per heavy atom. The van der Waals surface area contributed by atoms with E-state index in [2.05, 4.69) is 20.8 Å². The first-order valence-corrected chi connectivity index (χ1v) is 21.6. The van der Waals surface area contributed by atoms with Crippen molar-refractivity contribution in [1.82, 2.24) is 0 Å². The first-order chi connectivity index (χ1) is 26.8. The number of ether oxygens (including phenoxy) is 6. The lowest BCUT2D eigenvalue weighted by Gasteiger charge is -2.64. The zero-order valence-corrected chi connectivity index (χ0v) is 34.8. The molecule has 0 aromatic rings. The van der Waals surface area contributed by atoms with Crippen molar-refractivity contribution in [2.24, 2.45) is 50.7 Å². The molecule has 0 amide bonds. The van der Waals surface area contributed by atoms with Gasteiger partial charge in [0.15, 0.2) is 18.9 Å². The monoisotopic (exact) mass is 810 g/mol. The van der Waals surface area contributed by atoms with E-state index in [9.17, 15) is 40.9 Å².